The van der Waals surface area contributed by atoms with Crippen molar-refractivity contribution < 1.29 is 9.53 Å². The predicted molar refractivity (Wildman–Crippen MR) is 81.6 cm³/mol. The second kappa shape index (κ2) is 6.47. The molecule has 0 spiro atoms. The van der Waals surface area contributed by atoms with Gasteiger partial charge >= 0.3 is 6.09 Å². The van der Waals surface area contributed by atoms with Crippen LogP contribution in [0.3, 0.4) is 0 Å². The number of aromatic nitrogens is 2. The van der Waals surface area contributed by atoms with Crippen LogP contribution in [0, 0.1) is 0 Å². The SMILES string of the molecule is CC(C)(C)OC(=O)N[C@@H]1CCCN(c2cc(Cl)ncn2)C1. The molecule has 21 heavy (non-hydrogen) atoms. The van der Waals surface area contributed by atoms with Crippen LogP contribution in [0.4, 0.5) is 10.6 Å². The molecule has 1 saturated heterocycles. The molecule has 1 N–H and O–H groups in total. The number of carbonyl (C=O) groups excluding carboxylic acids is 1. The van der Waals surface area contributed by atoms with E-state index in [1.807, 2.05) is 20.8 Å². The van der Waals surface area contributed by atoms with E-state index >= 15 is 0 Å². The minimum atomic E-state index is -0.487. The molecule has 1 atom stereocenters. The summed E-state index contributed by atoms with van der Waals surface area (Å²) in [5.74, 6) is 0.783. The maximum atomic E-state index is 11.8. The van der Waals surface area contributed by atoms with Gasteiger partial charge < -0.3 is 15.0 Å². The van der Waals surface area contributed by atoms with Crippen molar-refractivity contribution in [2.24, 2.45) is 0 Å². The van der Waals surface area contributed by atoms with Crippen molar-refractivity contribution in [1.29, 1.82) is 0 Å². The molecule has 1 fully saturated rings. The molecule has 6 nitrogen and oxygen atoms in total. The minimum Gasteiger partial charge on any atom is -0.444 e. The fourth-order valence-corrected chi connectivity index (χ4v) is 2.42. The van der Waals surface area contributed by atoms with Gasteiger partial charge in [0.2, 0.25) is 0 Å². The highest BCUT2D eigenvalue weighted by molar-refractivity contribution is 6.29. The first kappa shape index (κ1) is 15.8. The third-order valence-corrected chi connectivity index (χ3v) is 3.29. The van der Waals surface area contributed by atoms with E-state index < -0.39 is 5.60 Å². The van der Waals surface area contributed by atoms with E-state index in [-0.39, 0.29) is 12.1 Å². The van der Waals surface area contributed by atoms with Gasteiger partial charge in [0.05, 0.1) is 0 Å². The third-order valence-electron chi connectivity index (χ3n) is 3.09. The van der Waals surface area contributed by atoms with Crippen LogP contribution in [-0.2, 0) is 4.74 Å². The fourth-order valence-electron chi connectivity index (χ4n) is 2.27. The molecule has 1 amide bonds. The van der Waals surface area contributed by atoms with Crippen molar-refractivity contribution in [2.75, 3.05) is 18.0 Å². The lowest BCUT2D eigenvalue weighted by molar-refractivity contribution is 0.0500. The molecule has 116 valence electrons. The first-order chi connectivity index (χ1) is 9.83. The number of alkyl carbamates (subject to hydrolysis) is 1. The highest BCUT2D eigenvalue weighted by Crippen LogP contribution is 2.19. The highest BCUT2D eigenvalue weighted by atomic mass is 35.5. The summed E-state index contributed by atoms with van der Waals surface area (Å²) in [5, 5.41) is 3.33. The van der Waals surface area contributed by atoms with Crippen molar-refractivity contribution in [1.82, 2.24) is 15.3 Å². The van der Waals surface area contributed by atoms with E-state index in [1.165, 1.54) is 6.33 Å². The molecule has 0 unspecified atom stereocenters. The second-order valence-electron chi connectivity index (χ2n) is 6.13. The van der Waals surface area contributed by atoms with Crippen LogP contribution < -0.4 is 10.2 Å². The second-order valence-corrected chi connectivity index (χ2v) is 6.52. The van der Waals surface area contributed by atoms with Gasteiger partial charge in [0.15, 0.2) is 0 Å². The topological polar surface area (TPSA) is 67.3 Å². The van der Waals surface area contributed by atoms with Gasteiger partial charge in [0.25, 0.3) is 0 Å². The van der Waals surface area contributed by atoms with Gasteiger partial charge in [-0.2, -0.15) is 0 Å². The molecule has 1 aromatic heterocycles. The van der Waals surface area contributed by atoms with Crippen LogP contribution in [0.25, 0.3) is 0 Å². The van der Waals surface area contributed by atoms with Gasteiger partial charge in [-0.1, -0.05) is 11.6 Å². The Hall–Kier alpha value is -1.56. The van der Waals surface area contributed by atoms with E-state index in [9.17, 15) is 4.79 Å². The monoisotopic (exact) mass is 312 g/mol. The molecule has 0 aliphatic carbocycles. The molecule has 0 saturated carbocycles. The molecular weight excluding hydrogens is 292 g/mol. The maximum absolute atomic E-state index is 11.8. The first-order valence-electron chi connectivity index (χ1n) is 7.05. The zero-order valence-corrected chi connectivity index (χ0v) is 13.4. The lowest BCUT2D eigenvalue weighted by Crippen LogP contribution is -2.49. The lowest BCUT2D eigenvalue weighted by Gasteiger charge is -2.34. The summed E-state index contributed by atoms with van der Waals surface area (Å²) in [7, 11) is 0. The number of carbonyl (C=O) groups is 1. The number of hydrogen-bond donors (Lipinski definition) is 1. The quantitative estimate of drug-likeness (QED) is 0.850. The molecule has 1 aliphatic heterocycles. The van der Waals surface area contributed by atoms with Crippen molar-refractivity contribution in [3.05, 3.63) is 17.5 Å². The van der Waals surface area contributed by atoms with E-state index in [0.717, 1.165) is 25.2 Å². The Morgan fingerprint density at radius 1 is 1.48 bits per heavy atom. The Morgan fingerprint density at radius 2 is 2.24 bits per heavy atom. The molecule has 0 aromatic carbocycles. The zero-order chi connectivity index (χ0) is 15.5. The highest BCUT2D eigenvalue weighted by Gasteiger charge is 2.24. The Bertz CT molecular complexity index is 504. The van der Waals surface area contributed by atoms with Crippen LogP contribution in [0.5, 0.6) is 0 Å². The van der Waals surface area contributed by atoms with Gasteiger partial charge in [-0.25, -0.2) is 14.8 Å². The number of hydrogen-bond acceptors (Lipinski definition) is 5. The van der Waals surface area contributed by atoms with E-state index in [4.69, 9.17) is 16.3 Å². The van der Waals surface area contributed by atoms with Gasteiger partial charge in [-0.3, -0.25) is 0 Å². The normalized spacial score (nSPS) is 19.2. The van der Waals surface area contributed by atoms with Gasteiger partial charge in [0.1, 0.15) is 22.9 Å². The Balaban J connectivity index is 1.93. The third kappa shape index (κ3) is 5.04. The van der Waals surface area contributed by atoms with Crippen molar-refractivity contribution in [2.45, 2.75) is 45.3 Å². The molecule has 0 bridgehead atoms. The largest absolute Gasteiger partial charge is 0.444 e. The molecule has 1 aliphatic rings. The van der Waals surface area contributed by atoms with Crippen molar-refractivity contribution in [3.8, 4) is 0 Å². The average molecular weight is 313 g/mol. The molecule has 0 radical (unpaired) electrons. The van der Waals surface area contributed by atoms with E-state index in [0.29, 0.717) is 11.7 Å². The summed E-state index contributed by atoms with van der Waals surface area (Å²) in [6, 6.07) is 1.78. The summed E-state index contributed by atoms with van der Waals surface area (Å²) in [5.41, 5.74) is -0.487. The lowest BCUT2D eigenvalue weighted by atomic mass is 10.1. The average Bonchev–Trinajstić information content (AvgIpc) is 2.36. The molecule has 2 heterocycles. The van der Waals surface area contributed by atoms with Gasteiger partial charge in [0, 0.05) is 25.2 Å². The van der Waals surface area contributed by atoms with Crippen LogP contribution in [0.1, 0.15) is 33.6 Å². The molecule has 2 rings (SSSR count). The van der Waals surface area contributed by atoms with Crippen LogP contribution in [0.2, 0.25) is 5.15 Å². The number of anilines is 1. The standard InChI is InChI=1S/C14H21ClN4O2/c1-14(2,3)21-13(20)18-10-5-4-6-19(8-10)12-7-11(15)16-9-17-12/h7,9-10H,4-6,8H2,1-3H3,(H,18,20)/t10-/m1/s1. The smallest absolute Gasteiger partial charge is 0.407 e. The Labute approximate surface area is 129 Å². The van der Waals surface area contributed by atoms with Crippen LogP contribution in [-0.4, -0.2) is 40.8 Å². The van der Waals surface area contributed by atoms with Crippen molar-refractivity contribution in [3.63, 3.8) is 0 Å². The molecule has 1 aromatic rings. The Morgan fingerprint density at radius 3 is 2.90 bits per heavy atom. The zero-order valence-electron chi connectivity index (χ0n) is 12.6. The van der Waals surface area contributed by atoms with Crippen LogP contribution >= 0.6 is 11.6 Å². The van der Waals surface area contributed by atoms with Gasteiger partial charge in [-0.15, -0.1) is 0 Å². The fraction of sp³-hybridized carbons (Fsp3) is 0.643. The summed E-state index contributed by atoms with van der Waals surface area (Å²) < 4.78 is 5.29. The number of nitrogens with one attached hydrogen (secondary N) is 1. The Kier molecular flexibility index (Phi) is 4.88. The number of rotatable bonds is 2. The molecule has 7 heteroatoms. The van der Waals surface area contributed by atoms with Crippen LogP contribution in [0.15, 0.2) is 12.4 Å². The van der Waals surface area contributed by atoms with E-state index in [2.05, 4.69) is 20.2 Å². The number of ether oxygens (including phenoxy) is 1. The minimum absolute atomic E-state index is 0.0438. The number of nitrogens with zero attached hydrogens (tertiary/aromatic N) is 3. The summed E-state index contributed by atoms with van der Waals surface area (Å²) in [6.45, 7) is 7.13. The summed E-state index contributed by atoms with van der Waals surface area (Å²) in [4.78, 5) is 22.0. The van der Waals surface area contributed by atoms with Crippen molar-refractivity contribution >= 4 is 23.5 Å². The summed E-state index contributed by atoms with van der Waals surface area (Å²) >= 11 is 5.89. The maximum Gasteiger partial charge on any atom is 0.407 e. The number of piperidine rings is 1. The first-order valence-corrected chi connectivity index (χ1v) is 7.43. The molecular formula is C14H21ClN4O2. The summed E-state index contributed by atoms with van der Waals surface area (Å²) in [6.07, 6.45) is 2.97. The predicted octanol–water partition coefficient (Wildman–Crippen LogP) is 2.62. The number of halogens is 1. The van der Waals surface area contributed by atoms with E-state index in [1.54, 1.807) is 6.07 Å². The number of amides is 1. The van der Waals surface area contributed by atoms with Gasteiger partial charge in [-0.05, 0) is 33.6 Å².